The molecule has 1 aliphatic carbocycles. The summed E-state index contributed by atoms with van der Waals surface area (Å²) in [6.07, 6.45) is 8.47. The van der Waals surface area contributed by atoms with E-state index < -0.39 is 0 Å². The van der Waals surface area contributed by atoms with Gasteiger partial charge in [0.25, 0.3) is 0 Å². The van der Waals surface area contributed by atoms with Gasteiger partial charge in [0.1, 0.15) is 0 Å². The van der Waals surface area contributed by atoms with Crippen LogP contribution in [0.5, 0.6) is 0 Å². The Morgan fingerprint density at radius 1 is 1.29 bits per heavy atom. The molecule has 0 aromatic rings. The molecule has 2 heteroatoms. The minimum absolute atomic E-state index is 0.372. The first-order valence-corrected chi connectivity index (χ1v) is 6.27. The molecule has 3 unspecified atom stereocenters. The molecule has 1 saturated heterocycles. The molecule has 0 aromatic heterocycles. The van der Waals surface area contributed by atoms with Crippen molar-refractivity contribution >= 4 is 0 Å². The van der Waals surface area contributed by atoms with E-state index >= 15 is 0 Å². The van der Waals surface area contributed by atoms with Gasteiger partial charge in [0.05, 0.1) is 0 Å². The second-order valence-corrected chi connectivity index (χ2v) is 5.20. The van der Waals surface area contributed by atoms with Gasteiger partial charge < -0.3 is 10.6 Å². The van der Waals surface area contributed by atoms with Crippen LogP contribution in [0.3, 0.4) is 0 Å². The molecule has 0 spiro atoms. The van der Waals surface area contributed by atoms with E-state index in [0.717, 1.165) is 12.0 Å². The third-order valence-corrected chi connectivity index (χ3v) is 3.98. The molecule has 0 radical (unpaired) electrons. The predicted octanol–water partition coefficient (Wildman–Crippen LogP) is 1.99. The Labute approximate surface area is 87.8 Å². The number of rotatable bonds is 3. The molecule has 1 heterocycles. The SMILES string of the molecule is CC(N)CCN1CCCC2CCCC21. The highest BCUT2D eigenvalue weighted by Gasteiger charge is 2.34. The van der Waals surface area contributed by atoms with Crippen molar-refractivity contribution in [3.63, 3.8) is 0 Å². The van der Waals surface area contributed by atoms with E-state index in [1.807, 2.05) is 0 Å². The fourth-order valence-electron chi connectivity index (χ4n) is 3.20. The minimum Gasteiger partial charge on any atom is -0.328 e. The summed E-state index contributed by atoms with van der Waals surface area (Å²) in [4.78, 5) is 2.71. The van der Waals surface area contributed by atoms with Gasteiger partial charge in [-0.05, 0) is 58.0 Å². The third kappa shape index (κ3) is 2.29. The van der Waals surface area contributed by atoms with Gasteiger partial charge >= 0.3 is 0 Å². The van der Waals surface area contributed by atoms with Crippen LogP contribution in [0.15, 0.2) is 0 Å². The average molecular weight is 196 g/mol. The molecular weight excluding hydrogens is 172 g/mol. The molecule has 0 amide bonds. The number of piperidine rings is 1. The Balaban J connectivity index is 1.84. The largest absolute Gasteiger partial charge is 0.328 e. The second kappa shape index (κ2) is 4.63. The molecule has 2 nitrogen and oxygen atoms in total. The molecule has 2 rings (SSSR count). The monoisotopic (exact) mass is 196 g/mol. The van der Waals surface area contributed by atoms with Gasteiger partial charge in [-0.15, -0.1) is 0 Å². The topological polar surface area (TPSA) is 29.3 Å². The first kappa shape index (κ1) is 10.4. The Morgan fingerprint density at radius 2 is 2.07 bits per heavy atom. The number of nitrogens with zero attached hydrogens (tertiary/aromatic N) is 1. The fraction of sp³-hybridized carbons (Fsp3) is 1.00. The zero-order valence-electron chi connectivity index (χ0n) is 9.41. The number of hydrogen-bond acceptors (Lipinski definition) is 2. The van der Waals surface area contributed by atoms with E-state index in [2.05, 4.69) is 11.8 Å². The van der Waals surface area contributed by atoms with E-state index in [4.69, 9.17) is 5.73 Å². The van der Waals surface area contributed by atoms with Gasteiger partial charge in [-0.2, -0.15) is 0 Å². The van der Waals surface area contributed by atoms with Gasteiger partial charge in [0.15, 0.2) is 0 Å². The lowest BCUT2D eigenvalue weighted by atomic mass is 9.92. The molecule has 1 saturated carbocycles. The maximum Gasteiger partial charge on any atom is 0.0123 e. The molecule has 2 N–H and O–H groups in total. The summed E-state index contributed by atoms with van der Waals surface area (Å²) in [7, 11) is 0. The second-order valence-electron chi connectivity index (χ2n) is 5.20. The van der Waals surface area contributed by atoms with Crippen LogP contribution in [0.25, 0.3) is 0 Å². The van der Waals surface area contributed by atoms with Crippen molar-refractivity contribution in [3.05, 3.63) is 0 Å². The minimum atomic E-state index is 0.372. The van der Waals surface area contributed by atoms with Crippen LogP contribution >= 0.6 is 0 Å². The first-order valence-electron chi connectivity index (χ1n) is 6.27. The zero-order chi connectivity index (χ0) is 9.97. The van der Waals surface area contributed by atoms with E-state index in [9.17, 15) is 0 Å². The lowest BCUT2D eigenvalue weighted by Gasteiger charge is -2.38. The molecular formula is C12H24N2. The highest BCUT2D eigenvalue weighted by atomic mass is 15.2. The Morgan fingerprint density at radius 3 is 2.86 bits per heavy atom. The summed E-state index contributed by atoms with van der Waals surface area (Å²) in [5.41, 5.74) is 5.82. The number of likely N-dealkylation sites (tertiary alicyclic amines) is 1. The third-order valence-electron chi connectivity index (χ3n) is 3.98. The molecule has 14 heavy (non-hydrogen) atoms. The van der Waals surface area contributed by atoms with Gasteiger partial charge in [-0.1, -0.05) is 6.42 Å². The van der Waals surface area contributed by atoms with Crippen LogP contribution in [0.1, 0.15) is 45.4 Å². The molecule has 1 aliphatic heterocycles. The van der Waals surface area contributed by atoms with E-state index in [1.54, 1.807) is 0 Å². The molecule has 0 aromatic carbocycles. The van der Waals surface area contributed by atoms with E-state index in [0.29, 0.717) is 6.04 Å². The summed E-state index contributed by atoms with van der Waals surface area (Å²) in [5, 5.41) is 0. The van der Waals surface area contributed by atoms with Crippen LogP contribution in [-0.4, -0.2) is 30.1 Å². The van der Waals surface area contributed by atoms with Crippen molar-refractivity contribution in [1.82, 2.24) is 4.90 Å². The molecule has 0 bridgehead atoms. The van der Waals surface area contributed by atoms with Crippen molar-refractivity contribution in [1.29, 1.82) is 0 Å². The van der Waals surface area contributed by atoms with Crippen molar-refractivity contribution in [3.8, 4) is 0 Å². The van der Waals surface area contributed by atoms with Crippen LogP contribution in [0.2, 0.25) is 0 Å². The highest BCUT2D eigenvalue weighted by Crippen LogP contribution is 2.36. The van der Waals surface area contributed by atoms with Gasteiger partial charge in [-0.3, -0.25) is 0 Å². The first-order chi connectivity index (χ1) is 6.77. The summed E-state index contributed by atoms with van der Waals surface area (Å²) >= 11 is 0. The average Bonchev–Trinajstić information content (AvgIpc) is 2.62. The molecule has 82 valence electrons. The molecule has 2 fully saturated rings. The lowest BCUT2D eigenvalue weighted by molar-refractivity contribution is 0.110. The van der Waals surface area contributed by atoms with Gasteiger partial charge in [-0.25, -0.2) is 0 Å². The summed E-state index contributed by atoms with van der Waals surface area (Å²) < 4.78 is 0. The van der Waals surface area contributed by atoms with Crippen molar-refractivity contribution < 1.29 is 0 Å². The summed E-state index contributed by atoms with van der Waals surface area (Å²) in [6.45, 7) is 4.68. The number of fused-ring (bicyclic) bond motifs is 1. The van der Waals surface area contributed by atoms with Crippen molar-refractivity contribution in [2.75, 3.05) is 13.1 Å². The van der Waals surface area contributed by atoms with E-state index in [1.165, 1.54) is 51.6 Å². The maximum atomic E-state index is 5.82. The summed E-state index contributed by atoms with van der Waals surface area (Å²) in [6, 6.07) is 1.29. The maximum absolute atomic E-state index is 5.82. The van der Waals surface area contributed by atoms with Gasteiger partial charge in [0.2, 0.25) is 0 Å². The van der Waals surface area contributed by atoms with Crippen molar-refractivity contribution in [2.45, 2.75) is 57.5 Å². The smallest absolute Gasteiger partial charge is 0.0123 e. The van der Waals surface area contributed by atoms with Crippen LogP contribution in [-0.2, 0) is 0 Å². The predicted molar refractivity (Wildman–Crippen MR) is 60.2 cm³/mol. The van der Waals surface area contributed by atoms with Crippen LogP contribution in [0, 0.1) is 5.92 Å². The van der Waals surface area contributed by atoms with Gasteiger partial charge in [0, 0.05) is 12.1 Å². The normalized spacial score (nSPS) is 35.6. The molecule has 3 atom stereocenters. The lowest BCUT2D eigenvalue weighted by Crippen LogP contribution is -2.44. The standard InChI is InChI=1S/C12H24N2/c1-10(13)7-9-14-8-3-5-11-4-2-6-12(11)14/h10-12H,2-9,13H2,1H3. The Kier molecular flexibility index (Phi) is 3.45. The summed E-state index contributed by atoms with van der Waals surface area (Å²) in [5.74, 6) is 1.02. The highest BCUT2D eigenvalue weighted by molar-refractivity contribution is 4.89. The Hall–Kier alpha value is -0.0800. The zero-order valence-corrected chi connectivity index (χ0v) is 9.41. The number of nitrogens with two attached hydrogens (primary N) is 1. The fourth-order valence-corrected chi connectivity index (χ4v) is 3.20. The van der Waals surface area contributed by atoms with Crippen molar-refractivity contribution in [2.24, 2.45) is 11.7 Å². The van der Waals surface area contributed by atoms with E-state index in [-0.39, 0.29) is 0 Å². The molecule has 2 aliphatic rings. The van der Waals surface area contributed by atoms with Crippen LogP contribution < -0.4 is 5.73 Å². The van der Waals surface area contributed by atoms with Crippen LogP contribution in [0.4, 0.5) is 0 Å². The quantitative estimate of drug-likeness (QED) is 0.748. The number of hydrogen-bond donors (Lipinski definition) is 1. The Bertz CT molecular complexity index is 179.